The second-order valence-corrected chi connectivity index (χ2v) is 7.52. The fourth-order valence-corrected chi connectivity index (χ4v) is 3.07. The van der Waals surface area contributed by atoms with Crippen molar-refractivity contribution in [2.24, 2.45) is 16.5 Å². The van der Waals surface area contributed by atoms with E-state index in [0.717, 1.165) is 24.3 Å². The highest BCUT2D eigenvalue weighted by molar-refractivity contribution is 5.91. The molecule has 7 nitrogen and oxygen atoms in total. The molecule has 0 aromatic heterocycles. The lowest BCUT2D eigenvalue weighted by Crippen LogP contribution is -2.32. The lowest BCUT2D eigenvalue weighted by molar-refractivity contribution is -0.169. The van der Waals surface area contributed by atoms with Gasteiger partial charge in [0.1, 0.15) is 0 Å². The van der Waals surface area contributed by atoms with Crippen LogP contribution in [0.15, 0.2) is 4.99 Å². The Bertz CT molecular complexity index is 437. The van der Waals surface area contributed by atoms with Crippen LogP contribution in [0.3, 0.4) is 0 Å². The minimum Gasteiger partial charge on any atom is -0.370 e. The second-order valence-electron chi connectivity index (χ2n) is 7.52. The topological polar surface area (TPSA) is 118 Å². The first kappa shape index (κ1) is 26.2. The third kappa shape index (κ3) is 17.6. The molecule has 0 rings (SSSR count). The minimum absolute atomic E-state index is 0.240. The Labute approximate surface area is 171 Å². The SMILES string of the molecule is CCCCCCCCCCCCCCCCCC(=O)ON(C)C(=N)N=C(N)N. The highest BCUT2D eigenvalue weighted by Gasteiger charge is 2.10. The first-order valence-electron chi connectivity index (χ1n) is 11.1. The van der Waals surface area contributed by atoms with Crippen LogP contribution in [0.5, 0.6) is 0 Å². The van der Waals surface area contributed by atoms with Crippen LogP contribution >= 0.6 is 0 Å². The smallest absolute Gasteiger partial charge is 0.332 e. The number of nitrogens with zero attached hydrogens (tertiary/aromatic N) is 2. The number of hydrogen-bond acceptors (Lipinski definition) is 3. The Morgan fingerprint density at radius 2 is 1.21 bits per heavy atom. The quantitative estimate of drug-likeness (QED) is 0.149. The molecule has 0 atom stereocenters. The molecule has 0 aromatic rings. The van der Waals surface area contributed by atoms with E-state index in [-0.39, 0.29) is 17.9 Å². The van der Waals surface area contributed by atoms with Gasteiger partial charge in [0.15, 0.2) is 5.96 Å². The molecule has 5 N–H and O–H groups in total. The Morgan fingerprint density at radius 3 is 1.61 bits per heavy atom. The highest BCUT2D eigenvalue weighted by Crippen LogP contribution is 2.13. The van der Waals surface area contributed by atoms with E-state index in [0.29, 0.717) is 6.42 Å². The van der Waals surface area contributed by atoms with Gasteiger partial charge in [-0.2, -0.15) is 10.1 Å². The molecule has 0 aliphatic heterocycles. The van der Waals surface area contributed by atoms with Crippen molar-refractivity contribution in [2.75, 3.05) is 7.05 Å². The Balaban J connectivity index is 3.38. The van der Waals surface area contributed by atoms with Crippen LogP contribution < -0.4 is 11.5 Å². The maximum absolute atomic E-state index is 11.7. The van der Waals surface area contributed by atoms with Crippen LogP contribution in [0.4, 0.5) is 0 Å². The van der Waals surface area contributed by atoms with Crippen LogP contribution in [0.1, 0.15) is 110 Å². The number of hydrogen-bond donors (Lipinski definition) is 3. The van der Waals surface area contributed by atoms with Gasteiger partial charge in [-0.25, -0.2) is 4.79 Å². The molecule has 28 heavy (non-hydrogen) atoms. The molecule has 0 radical (unpaired) electrons. The van der Waals surface area contributed by atoms with E-state index in [4.69, 9.17) is 21.7 Å². The molecule has 0 saturated heterocycles. The van der Waals surface area contributed by atoms with Crippen LogP contribution in [0.25, 0.3) is 0 Å². The highest BCUT2D eigenvalue weighted by atomic mass is 16.7. The molecule has 164 valence electrons. The van der Waals surface area contributed by atoms with Crippen molar-refractivity contribution in [3.8, 4) is 0 Å². The second kappa shape index (κ2) is 18.6. The number of carbonyl (C=O) groups excluding carboxylic acids is 1. The van der Waals surface area contributed by atoms with Gasteiger partial charge in [-0.3, -0.25) is 5.41 Å². The predicted molar refractivity (Wildman–Crippen MR) is 117 cm³/mol. The number of unbranched alkanes of at least 4 members (excludes halogenated alkanes) is 14. The fourth-order valence-electron chi connectivity index (χ4n) is 3.07. The van der Waals surface area contributed by atoms with Gasteiger partial charge in [-0.1, -0.05) is 96.8 Å². The van der Waals surface area contributed by atoms with Crippen molar-refractivity contribution >= 4 is 17.9 Å². The minimum atomic E-state index is -0.368. The number of nitrogens with two attached hydrogens (primary N) is 2. The zero-order valence-corrected chi connectivity index (χ0v) is 18.2. The van der Waals surface area contributed by atoms with Gasteiger partial charge in [0, 0.05) is 13.5 Å². The molecular formula is C21H43N5O2. The molecule has 0 aliphatic carbocycles. The predicted octanol–water partition coefficient (Wildman–Crippen LogP) is 4.85. The van der Waals surface area contributed by atoms with Gasteiger partial charge in [0.25, 0.3) is 5.96 Å². The van der Waals surface area contributed by atoms with E-state index in [9.17, 15) is 4.79 Å². The number of carbonyl (C=O) groups is 1. The van der Waals surface area contributed by atoms with Crippen molar-refractivity contribution < 1.29 is 9.63 Å². The zero-order valence-electron chi connectivity index (χ0n) is 18.2. The first-order valence-corrected chi connectivity index (χ1v) is 11.1. The van der Waals surface area contributed by atoms with Crippen molar-refractivity contribution in [3.63, 3.8) is 0 Å². The van der Waals surface area contributed by atoms with E-state index in [1.807, 2.05) is 0 Å². The number of guanidine groups is 2. The summed E-state index contributed by atoms with van der Waals surface area (Å²) >= 11 is 0. The third-order valence-electron chi connectivity index (χ3n) is 4.76. The average Bonchev–Trinajstić information content (AvgIpc) is 2.64. The van der Waals surface area contributed by atoms with E-state index >= 15 is 0 Å². The van der Waals surface area contributed by atoms with E-state index < -0.39 is 0 Å². The summed E-state index contributed by atoms with van der Waals surface area (Å²) in [6.07, 6.45) is 19.7. The maximum Gasteiger partial charge on any atom is 0.332 e. The van der Waals surface area contributed by atoms with E-state index in [1.54, 1.807) is 0 Å². The number of aliphatic imine (C=N–C) groups is 1. The average molecular weight is 398 g/mol. The van der Waals surface area contributed by atoms with E-state index in [2.05, 4.69) is 11.9 Å². The summed E-state index contributed by atoms with van der Waals surface area (Å²) in [6.45, 7) is 2.26. The van der Waals surface area contributed by atoms with Crippen LogP contribution in [0, 0.1) is 5.41 Å². The number of hydroxylamine groups is 2. The molecule has 0 fully saturated rings. The third-order valence-corrected chi connectivity index (χ3v) is 4.76. The van der Waals surface area contributed by atoms with Crippen molar-refractivity contribution in [1.82, 2.24) is 5.06 Å². The largest absolute Gasteiger partial charge is 0.370 e. The molecular weight excluding hydrogens is 354 g/mol. The Hall–Kier alpha value is -1.79. The monoisotopic (exact) mass is 397 g/mol. The molecule has 0 heterocycles. The summed E-state index contributed by atoms with van der Waals surface area (Å²) in [5, 5.41) is 8.48. The molecule has 7 heteroatoms. The van der Waals surface area contributed by atoms with Crippen LogP contribution in [-0.2, 0) is 9.63 Å². The van der Waals surface area contributed by atoms with E-state index in [1.165, 1.54) is 84.1 Å². The van der Waals surface area contributed by atoms with Gasteiger partial charge >= 0.3 is 5.97 Å². The van der Waals surface area contributed by atoms with Gasteiger partial charge in [0.05, 0.1) is 0 Å². The molecule has 0 bridgehead atoms. The number of rotatable bonds is 16. The normalized spacial score (nSPS) is 10.5. The van der Waals surface area contributed by atoms with Crippen LogP contribution in [0.2, 0.25) is 0 Å². The zero-order chi connectivity index (χ0) is 21.0. The van der Waals surface area contributed by atoms with Gasteiger partial charge in [0.2, 0.25) is 0 Å². The number of nitrogens with one attached hydrogen (secondary N) is 1. The molecule has 0 unspecified atom stereocenters. The molecule has 0 saturated carbocycles. The van der Waals surface area contributed by atoms with Crippen LogP contribution in [-0.4, -0.2) is 30.0 Å². The lowest BCUT2D eigenvalue weighted by Gasteiger charge is -2.15. The van der Waals surface area contributed by atoms with Crippen molar-refractivity contribution in [2.45, 2.75) is 110 Å². The summed E-state index contributed by atoms with van der Waals surface area (Å²) in [7, 11) is 1.43. The summed E-state index contributed by atoms with van der Waals surface area (Å²) in [5.41, 5.74) is 10.4. The molecule has 0 amide bonds. The van der Waals surface area contributed by atoms with Gasteiger partial charge in [-0.15, -0.1) is 0 Å². The fraction of sp³-hybridized carbons (Fsp3) is 0.857. The van der Waals surface area contributed by atoms with Gasteiger partial charge < -0.3 is 16.3 Å². The molecule has 0 aromatic carbocycles. The Morgan fingerprint density at radius 1 is 0.821 bits per heavy atom. The Kier molecular flexibility index (Phi) is 17.4. The van der Waals surface area contributed by atoms with Gasteiger partial charge in [-0.05, 0) is 6.42 Å². The maximum atomic E-state index is 11.7. The van der Waals surface area contributed by atoms with Crippen molar-refractivity contribution in [1.29, 1.82) is 5.41 Å². The summed E-state index contributed by atoms with van der Waals surface area (Å²) in [4.78, 5) is 20.2. The lowest BCUT2D eigenvalue weighted by atomic mass is 10.0. The first-order chi connectivity index (χ1) is 13.5. The molecule has 0 aliphatic rings. The standard InChI is InChI=1S/C21H43N5O2/c1-3-4-5-6-7-8-9-10-11-12-13-14-15-16-17-18-19(27)28-26(2)21(24)25-20(22)23/h3-18H2,1-2H3,(H5,22,23,24,25). The molecule has 0 spiro atoms. The van der Waals surface area contributed by atoms with Crippen molar-refractivity contribution in [3.05, 3.63) is 0 Å². The summed E-state index contributed by atoms with van der Waals surface area (Å²) in [6, 6.07) is 0. The summed E-state index contributed by atoms with van der Waals surface area (Å²) in [5.74, 6) is -0.909. The summed E-state index contributed by atoms with van der Waals surface area (Å²) < 4.78 is 0.